The third kappa shape index (κ3) is 3.96. The lowest BCUT2D eigenvalue weighted by Crippen LogP contribution is -2.37. The summed E-state index contributed by atoms with van der Waals surface area (Å²) in [7, 11) is 0. The number of ether oxygens (including phenoxy) is 2. The van der Waals surface area contributed by atoms with Crippen molar-refractivity contribution in [1.29, 1.82) is 0 Å². The largest absolute Gasteiger partial charge is 0.457 e. The molecular formula is C49H31NO2. The fraction of sp³-hybridized carbons (Fsp3) is 0.0204. The number of fused-ring (bicyclic) bond motifs is 11. The zero-order valence-electron chi connectivity index (χ0n) is 28.2. The molecular weight excluding hydrogens is 635 g/mol. The Morgan fingerprint density at radius 1 is 0.385 bits per heavy atom. The highest BCUT2D eigenvalue weighted by Gasteiger charge is 2.52. The Hall–Kier alpha value is -6.84. The van der Waals surface area contributed by atoms with E-state index in [9.17, 15) is 0 Å². The lowest BCUT2D eigenvalue weighted by molar-refractivity contribution is 0.400. The van der Waals surface area contributed by atoms with Crippen molar-refractivity contribution in [1.82, 2.24) is 4.57 Å². The Morgan fingerprint density at radius 3 is 1.75 bits per heavy atom. The molecule has 3 heterocycles. The molecule has 3 nitrogen and oxygen atoms in total. The van der Waals surface area contributed by atoms with Crippen molar-refractivity contribution in [2.45, 2.75) is 5.41 Å². The van der Waals surface area contributed by atoms with Gasteiger partial charge in [0.15, 0.2) is 0 Å². The van der Waals surface area contributed by atoms with Crippen LogP contribution in [0.4, 0.5) is 0 Å². The SMILES string of the molecule is c1ccc(-c2ccc3c(c2)C2(c4ccccc4O3)c3ccccc3Oc3cccc(-c4cccc5c4c4ccccc4n5-c4ccccc4)c32)cc1. The van der Waals surface area contributed by atoms with Crippen LogP contribution in [0.5, 0.6) is 23.0 Å². The smallest absolute Gasteiger partial charge is 0.132 e. The van der Waals surface area contributed by atoms with E-state index < -0.39 is 5.41 Å². The van der Waals surface area contributed by atoms with Gasteiger partial charge in [-0.2, -0.15) is 0 Å². The van der Waals surface area contributed by atoms with E-state index in [-0.39, 0.29) is 0 Å². The maximum atomic E-state index is 6.94. The van der Waals surface area contributed by atoms with Crippen molar-refractivity contribution in [2.24, 2.45) is 0 Å². The molecule has 0 bridgehead atoms. The molecule has 244 valence electrons. The number of hydrogen-bond acceptors (Lipinski definition) is 2. The third-order valence-corrected chi connectivity index (χ3v) is 10.9. The number of hydrogen-bond donors (Lipinski definition) is 0. The molecule has 2 aliphatic heterocycles. The predicted octanol–water partition coefficient (Wildman–Crippen LogP) is 12.7. The highest BCUT2D eigenvalue weighted by atomic mass is 16.5. The Morgan fingerprint density at radius 2 is 0.962 bits per heavy atom. The molecule has 52 heavy (non-hydrogen) atoms. The number of para-hydroxylation sites is 4. The highest BCUT2D eigenvalue weighted by molar-refractivity contribution is 6.16. The molecule has 3 heteroatoms. The molecule has 1 unspecified atom stereocenters. The Bertz CT molecular complexity index is 2810. The van der Waals surface area contributed by atoms with E-state index in [1.54, 1.807) is 0 Å². The molecule has 1 atom stereocenters. The van der Waals surface area contributed by atoms with Crippen LogP contribution in [0.2, 0.25) is 0 Å². The first-order valence-electron chi connectivity index (χ1n) is 17.8. The fourth-order valence-electron chi connectivity index (χ4n) is 8.86. The normalized spacial score (nSPS) is 15.3. The Kier molecular flexibility index (Phi) is 6.17. The lowest BCUT2D eigenvalue weighted by atomic mass is 9.60. The summed E-state index contributed by atoms with van der Waals surface area (Å²) in [5.41, 5.74) is 11.7. The Balaban J connectivity index is 1.30. The monoisotopic (exact) mass is 665 g/mol. The van der Waals surface area contributed by atoms with Gasteiger partial charge in [0.1, 0.15) is 23.0 Å². The van der Waals surface area contributed by atoms with E-state index in [0.717, 1.165) is 78.7 Å². The van der Waals surface area contributed by atoms with E-state index in [4.69, 9.17) is 9.47 Å². The molecule has 0 N–H and O–H groups in total. The quantitative estimate of drug-likeness (QED) is 0.187. The average Bonchev–Trinajstić information content (AvgIpc) is 3.56. The van der Waals surface area contributed by atoms with Crippen LogP contribution >= 0.6 is 0 Å². The maximum Gasteiger partial charge on any atom is 0.132 e. The third-order valence-electron chi connectivity index (χ3n) is 10.9. The van der Waals surface area contributed by atoms with Crippen molar-refractivity contribution >= 4 is 21.8 Å². The molecule has 8 aromatic carbocycles. The summed E-state index contributed by atoms with van der Waals surface area (Å²) in [5.74, 6) is 3.38. The summed E-state index contributed by atoms with van der Waals surface area (Å²) in [6, 6.07) is 67.0. The highest BCUT2D eigenvalue weighted by Crippen LogP contribution is 2.63. The second-order valence-corrected chi connectivity index (χ2v) is 13.6. The minimum atomic E-state index is -0.754. The summed E-state index contributed by atoms with van der Waals surface area (Å²) >= 11 is 0. The molecule has 2 aliphatic rings. The molecule has 0 saturated heterocycles. The van der Waals surface area contributed by atoms with E-state index in [2.05, 4.69) is 193 Å². The zero-order valence-corrected chi connectivity index (χ0v) is 28.2. The van der Waals surface area contributed by atoms with Gasteiger partial charge in [0.25, 0.3) is 0 Å². The molecule has 0 fully saturated rings. The molecule has 0 saturated carbocycles. The minimum absolute atomic E-state index is 0.754. The summed E-state index contributed by atoms with van der Waals surface area (Å²) in [5, 5.41) is 2.42. The van der Waals surface area contributed by atoms with E-state index >= 15 is 0 Å². The first kappa shape index (κ1) is 28.9. The zero-order chi connectivity index (χ0) is 34.2. The van der Waals surface area contributed by atoms with Gasteiger partial charge in [-0.1, -0.05) is 133 Å². The van der Waals surface area contributed by atoms with Gasteiger partial charge in [0, 0.05) is 38.7 Å². The molecule has 1 spiro atoms. The molecule has 11 rings (SSSR count). The number of benzene rings is 8. The fourth-order valence-corrected chi connectivity index (χ4v) is 8.86. The molecule has 0 aliphatic carbocycles. The van der Waals surface area contributed by atoms with Gasteiger partial charge < -0.3 is 14.0 Å². The van der Waals surface area contributed by atoms with Crippen molar-refractivity contribution in [3.63, 3.8) is 0 Å². The summed E-state index contributed by atoms with van der Waals surface area (Å²) in [6.07, 6.45) is 0. The maximum absolute atomic E-state index is 6.94. The van der Waals surface area contributed by atoms with Gasteiger partial charge in [0.2, 0.25) is 0 Å². The second-order valence-electron chi connectivity index (χ2n) is 13.6. The summed E-state index contributed by atoms with van der Waals surface area (Å²) < 4.78 is 16.1. The molecule has 9 aromatic rings. The second kappa shape index (κ2) is 11.1. The van der Waals surface area contributed by atoms with Gasteiger partial charge in [-0.05, 0) is 76.9 Å². The van der Waals surface area contributed by atoms with E-state index in [1.165, 1.54) is 16.3 Å². The van der Waals surface area contributed by atoms with Gasteiger partial charge in [-0.15, -0.1) is 0 Å². The summed E-state index contributed by atoms with van der Waals surface area (Å²) in [6.45, 7) is 0. The van der Waals surface area contributed by atoms with Crippen molar-refractivity contribution in [2.75, 3.05) is 0 Å². The van der Waals surface area contributed by atoms with Crippen LogP contribution in [0.15, 0.2) is 188 Å². The number of aromatic nitrogens is 1. The van der Waals surface area contributed by atoms with Gasteiger partial charge in [0.05, 0.1) is 16.4 Å². The van der Waals surface area contributed by atoms with Gasteiger partial charge >= 0.3 is 0 Å². The summed E-state index contributed by atoms with van der Waals surface area (Å²) in [4.78, 5) is 0. The first-order chi connectivity index (χ1) is 25.8. The van der Waals surface area contributed by atoms with Gasteiger partial charge in [-0.25, -0.2) is 0 Å². The standard InChI is InChI=1S/C49H31NO2/c1-3-15-32(16-4-1)33-29-30-45-40(31-33)49(38-22-8-11-26-43(38)51-45)39-23-9-12-27-44(39)52-46-28-14-21-36(48(46)49)35-20-13-25-42-47(35)37-19-7-10-24-41(37)50(42)34-17-5-2-6-18-34/h1-31H. The molecule has 0 radical (unpaired) electrons. The average molecular weight is 666 g/mol. The van der Waals surface area contributed by atoms with Crippen LogP contribution in [-0.2, 0) is 5.41 Å². The number of nitrogens with zero attached hydrogens (tertiary/aromatic N) is 1. The number of rotatable bonds is 3. The van der Waals surface area contributed by atoms with Gasteiger partial charge in [-0.3, -0.25) is 0 Å². The van der Waals surface area contributed by atoms with Crippen LogP contribution < -0.4 is 9.47 Å². The Labute approximate surface area is 301 Å². The van der Waals surface area contributed by atoms with Crippen molar-refractivity contribution in [3.05, 3.63) is 210 Å². The van der Waals surface area contributed by atoms with E-state index in [1.807, 2.05) is 0 Å². The molecule has 1 aromatic heterocycles. The van der Waals surface area contributed by atoms with Crippen molar-refractivity contribution < 1.29 is 9.47 Å². The van der Waals surface area contributed by atoms with Crippen LogP contribution in [0.3, 0.4) is 0 Å². The lowest BCUT2D eigenvalue weighted by Gasteiger charge is -2.46. The first-order valence-corrected chi connectivity index (χ1v) is 17.8. The molecule has 0 amide bonds. The van der Waals surface area contributed by atoms with Crippen LogP contribution in [-0.4, -0.2) is 4.57 Å². The topological polar surface area (TPSA) is 23.4 Å². The van der Waals surface area contributed by atoms with Crippen LogP contribution in [0.1, 0.15) is 22.3 Å². The minimum Gasteiger partial charge on any atom is -0.457 e. The predicted molar refractivity (Wildman–Crippen MR) is 210 cm³/mol. The van der Waals surface area contributed by atoms with Crippen molar-refractivity contribution in [3.8, 4) is 50.9 Å². The van der Waals surface area contributed by atoms with Crippen LogP contribution in [0, 0.1) is 0 Å². The van der Waals surface area contributed by atoms with E-state index in [0.29, 0.717) is 0 Å². The van der Waals surface area contributed by atoms with Crippen LogP contribution in [0.25, 0.3) is 49.7 Å².